The van der Waals surface area contributed by atoms with Crippen LogP contribution in [0.25, 0.3) is 5.69 Å². The fourth-order valence-corrected chi connectivity index (χ4v) is 2.72. The summed E-state index contributed by atoms with van der Waals surface area (Å²) in [6.07, 6.45) is 5.11. The Morgan fingerprint density at radius 2 is 1.96 bits per heavy atom. The third-order valence-electron chi connectivity index (χ3n) is 4.04. The number of hydrogen-bond donors (Lipinski definition) is 1. The van der Waals surface area contributed by atoms with Gasteiger partial charge in [0.1, 0.15) is 0 Å². The molecule has 0 atom stereocenters. The van der Waals surface area contributed by atoms with Crippen molar-refractivity contribution in [2.24, 2.45) is 0 Å². The van der Waals surface area contributed by atoms with E-state index < -0.39 is 0 Å². The highest BCUT2D eigenvalue weighted by atomic mass is 16.1. The second kappa shape index (κ2) is 7.75. The van der Waals surface area contributed by atoms with Gasteiger partial charge in [0.25, 0.3) is 5.91 Å². The van der Waals surface area contributed by atoms with Crippen LogP contribution in [-0.2, 0) is 13.0 Å². The molecule has 128 valence electrons. The second-order valence-electron chi connectivity index (χ2n) is 6.01. The number of pyridine rings is 1. The van der Waals surface area contributed by atoms with Gasteiger partial charge >= 0.3 is 0 Å². The standard InChI is InChI=1S/C20H22N4O/c1-3-6-19-18(20(25)22-13-16-7-4-5-12-21-16)14-23-24(19)17-10-8-15(2)9-11-17/h4-5,7-12,14H,3,6,13H2,1-2H3,(H,22,25). The fourth-order valence-electron chi connectivity index (χ4n) is 2.72. The minimum absolute atomic E-state index is 0.118. The Morgan fingerprint density at radius 3 is 2.64 bits per heavy atom. The van der Waals surface area contributed by atoms with Gasteiger partial charge in [0.05, 0.1) is 35.4 Å². The topological polar surface area (TPSA) is 59.8 Å². The fraction of sp³-hybridized carbons (Fsp3) is 0.250. The highest BCUT2D eigenvalue weighted by Crippen LogP contribution is 2.17. The zero-order valence-electron chi connectivity index (χ0n) is 14.6. The average molecular weight is 334 g/mol. The highest BCUT2D eigenvalue weighted by Gasteiger charge is 2.17. The zero-order valence-corrected chi connectivity index (χ0v) is 14.6. The van der Waals surface area contributed by atoms with E-state index in [2.05, 4.69) is 29.2 Å². The molecule has 5 heteroatoms. The van der Waals surface area contributed by atoms with Crippen molar-refractivity contribution >= 4 is 5.91 Å². The van der Waals surface area contributed by atoms with Crippen LogP contribution in [-0.4, -0.2) is 20.7 Å². The van der Waals surface area contributed by atoms with Crippen LogP contribution in [0.2, 0.25) is 0 Å². The van der Waals surface area contributed by atoms with Gasteiger partial charge in [-0.2, -0.15) is 5.10 Å². The lowest BCUT2D eigenvalue weighted by Crippen LogP contribution is -2.24. The highest BCUT2D eigenvalue weighted by molar-refractivity contribution is 5.95. The molecule has 3 rings (SSSR count). The van der Waals surface area contributed by atoms with Gasteiger partial charge in [-0.25, -0.2) is 4.68 Å². The molecule has 0 aliphatic rings. The van der Waals surface area contributed by atoms with Crippen LogP contribution >= 0.6 is 0 Å². The number of nitrogens with zero attached hydrogens (tertiary/aromatic N) is 3. The number of carbonyl (C=O) groups excluding carboxylic acids is 1. The molecule has 2 aromatic heterocycles. The first kappa shape index (κ1) is 16.9. The van der Waals surface area contributed by atoms with Gasteiger partial charge in [-0.3, -0.25) is 9.78 Å². The Morgan fingerprint density at radius 1 is 1.16 bits per heavy atom. The van der Waals surface area contributed by atoms with E-state index in [0.717, 1.165) is 29.9 Å². The van der Waals surface area contributed by atoms with E-state index in [1.807, 2.05) is 47.1 Å². The van der Waals surface area contributed by atoms with Crippen molar-refractivity contribution in [3.63, 3.8) is 0 Å². The summed E-state index contributed by atoms with van der Waals surface area (Å²) in [5.41, 5.74) is 4.56. The summed E-state index contributed by atoms with van der Waals surface area (Å²) in [6.45, 7) is 4.55. The Balaban J connectivity index is 1.83. The summed E-state index contributed by atoms with van der Waals surface area (Å²) in [6, 6.07) is 13.8. The Bertz CT molecular complexity index is 838. The van der Waals surface area contributed by atoms with Gasteiger partial charge in [-0.05, 0) is 37.6 Å². The Labute approximate surface area is 147 Å². The van der Waals surface area contributed by atoms with Gasteiger partial charge in [-0.1, -0.05) is 37.1 Å². The van der Waals surface area contributed by atoms with Gasteiger partial charge in [0.2, 0.25) is 0 Å². The van der Waals surface area contributed by atoms with Crippen molar-refractivity contribution in [3.8, 4) is 5.69 Å². The lowest BCUT2D eigenvalue weighted by Gasteiger charge is -2.10. The predicted octanol–water partition coefficient (Wildman–Crippen LogP) is 3.46. The van der Waals surface area contributed by atoms with E-state index in [4.69, 9.17) is 0 Å². The number of amides is 1. The van der Waals surface area contributed by atoms with Gasteiger partial charge in [0, 0.05) is 6.20 Å². The summed E-state index contributed by atoms with van der Waals surface area (Å²) in [5, 5.41) is 7.38. The molecule has 1 amide bonds. The molecule has 0 saturated carbocycles. The first-order chi connectivity index (χ1) is 12.2. The number of hydrogen-bond acceptors (Lipinski definition) is 3. The first-order valence-corrected chi connectivity index (χ1v) is 8.51. The van der Waals surface area contributed by atoms with E-state index in [-0.39, 0.29) is 5.91 Å². The van der Waals surface area contributed by atoms with E-state index in [9.17, 15) is 4.79 Å². The molecule has 25 heavy (non-hydrogen) atoms. The van der Waals surface area contributed by atoms with Crippen LogP contribution < -0.4 is 5.32 Å². The number of nitrogens with one attached hydrogen (secondary N) is 1. The van der Waals surface area contributed by atoms with Crippen LogP contribution in [0.5, 0.6) is 0 Å². The molecule has 0 fully saturated rings. The molecule has 0 bridgehead atoms. The lowest BCUT2D eigenvalue weighted by atomic mass is 10.1. The van der Waals surface area contributed by atoms with Crippen molar-refractivity contribution in [1.82, 2.24) is 20.1 Å². The largest absolute Gasteiger partial charge is 0.346 e. The maximum Gasteiger partial charge on any atom is 0.255 e. The molecular weight excluding hydrogens is 312 g/mol. The van der Waals surface area contributed by atoms with E-state index >= 15 is 0 Å². The number of aryl methyl sites for hydroxylation is 1. The smallest absolute Gasteiger partial charge is 0.255 e. The molecule has 0 saturated heterocycles. The van der Waals surface area contributed by atoms with Crippen molar-refractivity contribution in [2.75, 3.05) is 0 Å². The SMILES string of the molecule is CCCc1c(C(=O)NCc2ccccn2)cnn1-c1ccc(C)cc1. The molecule has 0 spiro atoms. The molecule has 1 N–H and O–H groups in total. The third-order valence-corrected chi connectivity index (χ3v) is 4.04. The van der Waals surface area contributed by atoms with Gasteiger partial charge in [0.15, 0.2) is 0 Å². The molecule has 3 aromatic rings. The van der Waals surface area contributed by atoms with Crippen molar-refractivity contribution in [3.05, 3.63) is 77.4 Å². The summed E-state index contributed by atoms with van der Waals surface area (Å²) in [7, 11) is 0. The number of benzene rings is 1. The molecular formula is C20H22N4O. The summed E-state index contributed by atoms with van der Waals surface area (Å²) < 4.78 is 1.86. The quantitative estimate of drug-likeness (QED) is 0.751. The third kappa shape index (κ3) is 3.94. The molecule has 2 heterocycles. The maximum absolute atomic E-state index is 12.6. The van der Waals surface area contributed by atoms with E-state index in [1.54, 1.807) is 12.4 Å². The van der Waals surface area contributed by atoms with Crippen molar-refractivity contribution < 1.29 is 4.79 Å². The minimum Gasteiger partial charge on any atom is -0.346 e. The summed E-state index contributed by atoms with van der Waals surface area (Å²) in [5.74, 6) is -0.118. The number of rotatable bonds is 6. The lowest BCUT2D eigenvalue weighted by molar-refractivity contribution is 0.0949. The van der Waals surface area contributed by atoms with Crippen LogP contribution in [0.15, 0.2) is 54.9 Å². The minimum atomic E-state index is -0.118. The molecule has 5 nitrogen and oxygen atoms in total. The zero-order chi connectivity index (χ0) is 17.6. The molecule has 0 unspecified atom stereocenters. The number of aromatic nitrogens is 3. The van der Waals surface area contributed by atoms with Gasteiger partial charge < -0.3 is 5.32 Å². The normalized spacial score (nSPS) is 10.6. The van der Waals surface area contributed by atoms with Crippen LogP contribution in [0.4, 0.5) is 0 Å². The second-order valence-corrected chi connectivity index (χ2v) is 6.01. The summed E-state index contributed by atoms with van der Waals surface area (Å²) >= 11 is 0. The van der Waals surface area contributed by atoms with Crippen molar-refractivity contribution in [1.29, 1.82) is 0 Å². The first-order valence-electron chi connectivity index (χ1n) is 8.51. The monoisotopic (exact) mass is 334 g/mol. The average Bonchev–Trinajstić information content (AvgIpc) is 3.05. The molecule has 0 aliphatic heterocycles. The van der Waals surface area contributed by atoms with Crippen LogP contribution in [0.3, 0.4) is 0 Å². The molecule has 0 aliphatic carbocycles. The van der Waals surface area contributed by atoms with E-state index in [0.29, 0.717) is 12.1 Å². The van der Waals surface area contributed by atoms with Crippen LogP contribution in [0, 0.1) is 6.92 Å². The number of carbonyl (C=O) groups is 1. The van der Waals surface area contributed by atoms with E-state index in [1.165, 1.54) is 5.56 Å². The van der Waals surface area contributed by atoms with Crippen molar-refractivity contribution in [2.45, 2.75) is 33.2 Å². The van der Waals surface area contributed by atoms with Gasteiger partial charge in [-0.15, -0.1) is 0 Å². The maximum atomic E-state index is 12.6. The molecule has 1 aromatic carbocycles. The molecule has 0 radical (unpaired) electrons. The Kier molecular flexibility index (Phi) is 5.23. The predicted molar refractivity (Wildman–Crippen MR) is 97.7 cm³/mol. The summed E-state index contributed by atoms with van der Waals surface area (Å²) in [4.78, 5) is 16.8. The Hall–Kier alpha value is -2.95. The van der Waals surface area contributed by atoms with Crippen LogP contribution in [0.1, 0.15) is 40.7 Å².